The molecule has 0 radical (unpaired) electrons. The van der Waals surface area contributed by atoms with Crippen LogP contribution in [-0.2, 0) is 14.8 Å². The van der Waals surface area contributed by atoms with Gasteiger partial charge in [-0.05, 0) is 79.6 Å². The minimum Gasteiger partial charge on any atom is -0.465 e. The molecule has 32 heavy (non-hydrogen) atoms. The van der Waals surface area contributed by atoms with Crippen LogP contribution in [0.3, 0.4) is 0 Å². The molecule has 0 atom stereocenters. The number of amides is 1. The third kappa shape index (κ3) is 5.27. The summed E-state index contributed by atoms with van der Waals surface area (Å²) in [6, 6.07) is 15.3. The molecule has 3 aromatic carbocycles. The van der Waals surface area contributed by atoms with Gasteiger partial charge in [-0.15, -0.1) is 0 Å². The van der Waals surface area contributed by atoms with Gasteiger partial charge < -0.3 is 10.1 Å². The summed E-state index contributed by atoms with van der Waals surface area (Å²) in [5.41, 5.74) is 3.22. The van der Waals surface area contributed by atoms with Gasteiger partial charge in [-0.25, -0.2) is 13.2 Å². The van der Waals surface area contributed by atoms with E-state index in [0.717, 1.165) is 11.1 Å². The van der Waals surface area contributed by atoms with Gasteiger partial charge in [-0.1, -0.05) is 17.7 Å². The van der Waals surface area contributed by atoms with Gasteiger partial charge >= 0.3 is 5.97 Å². The SMILES string of the molecule is COC(=O)c1ccc(NC(=O)c2ccc(Cl)c(S(=O)(=O)Nc3ccc(C)c(C)c3)c2)cc1. The summed E-state index contributed by atoms with van der Waals surface area (Å²) in [5.74, 6) is -1.03. The van der Waals surface area contributed by atoms with E-state index in [9.17, 15) is 18.0 Å². The Morgan fingerprint density at radius 2 is 1.47 bits per heavy atom. The number of anilines is 2. The molecule has 2 N–H and O–H groups in total. The van der Waals surface area contributed by atoms with Crippen molar-refractivity contribution in [3.05, 3.63) is 87.9 Å². The van der Waals surface area contributed by atoms with Crippen LogP contribution in [0.4, 0.5) is 11.4 Å². The molecule has 0 aliphatic rings. The fourth-order valence-electron chi connectivity index (χ4n) is 2.88. The topological polar surface area (TPSA) is 102 Å². The number of sulfonamides is 1. The van der Waals surface area contributed by atoms with Crippen molar-refractivity contribution < 1.29 is 22.7 Å². The number of nitrogens with one attached hydrogen (secondary N) is 2. The molecule has 0 unspecified atom stereocenters. The number of aryl methyl sites for hydroxylation is 2. The Hall–Kier alpha value is -3.36. The molecular formula is C23H21ClN2O5S. The molecule has 0 saturated heterocycles. The zero-order valence-electron chi connectivity index (χ0n) is 17.6. The van der Waals surface area contributed by atoms with Gasteiger partial charge in [0.05, 0.1) is 17.7 Å². The maximum absolute atomic E-state index is 12.9. The summed E-state index contributed by atoms with van der Waals surface area (Å²) in [7, 11) is -2.76. The van der Waals surface area contributed by atoms with Crippen LogP contribution in [0.25, 0.3) is 0 Å². The first-order chi connectivity index (χ1) is 15.1. The van der Waals surface area contributed by atoms with E-state index in [4.69, 9.17) is 11.6 Å². The fourth-order valence-corrected chi connectivity index (χ4v) is 4.45. The summed E-state index contributed by atoms with van der Waals surface area (Å²) in [6.07, 6.45) is 0. The largest absolute Gasteiger partial charge is 0.465 e. The van der Waals surface area contributed by atoms with Gasteiger partial charge in [-0.2, -0.15) is 0 Å². The molecule has 7 nitrogen and oxygen atoms in total. The Bertz CT molecular complexity index is 1290. The van der Waals surface area contributed by atoms with Gasteiger partial charge in [0.2, 0.25) is 0 Å². The fraction of sp³-hybridized carbons (Fsp3) is 0.130. The number of carbonyl (C=O) groups is 2. The summed E-state index contributed by atoms with van der Waals surface area (Å²) in [5, 5.41) is 2.64. The average molecular weight is 473 g/mol. The van der Waals surface area contributed by atoms with Crippen LogP contribution in [0.1, 0.15) is 31.8 Å². The van der Waals surface area contributed by atoms with E-state index < -0.39 is 21.9 Å². The third-order valence-electron chi connectivity index (χ3n) is 4.81. The zero-order chi connectivity index (χ0) is 23.5. The van der Waals surface area contributed by atoms with Crippen molar-refractivity contribution in [2.24, 2.45) is 0 Å². The molecule has 166 valence electrons. The number of carbonyl (C=O) groups excluding carboxylic acids is 2. The highest BCUT2D eigenvalue weighted by atomic mass is 35.5. The molecule has 9 heteroatoms. The lowest BCUT2D eigenvalue weighted by molar-refractivity contribution is 0.0600. The molecule has 3 aromatic rings. The first-order valence-electron chi connectivity index (χ1n) is 9.50. The quantitative estimate of drug-likeness (QED) is 0.502. The number of ether oxygens (including phenoxy) is 1. The molecular weight excluding hydrogens is 452 g/mol. The van der Waals surface area contributed by atoms with Crippen LogP contribution in [0.2, 0.25) is 5.02 Å². The number of halogens is 1. The third-order valence-corrected chi connectivity index (χ3v) is 6.67. The van der Waals surface area contributed by atoms with Gasteiger partial charge in [0, 0.05) is 16.9 Å². The van der Waals surface area contributed by atoms with E-state index in [1.807, 2.05) is 19.9 Å². The standard InChI is InChI=1S/C23H21ClN2O5S/c1-14-4-8-19(12-15(14)2)26-32(29,30)21-13-17(7-11-20(21)24)22(27)25-18-9-5-16(6-10-18)23(28)31-3/h4-13,26H,1-3H3,(H,25,27). The molecule has 0 saturated carbocycles. The van der Waals surface area contributed by atoms with Gasteiger partial charge in [0.15, 0.2) is 0 Å². The number of benzene rings is 3. The van der Waals surface area contributed by atoms with Crippen LogP contribution < -0.4 is 10.0 Å². The smallest absolute Gasteiger partial charge is 0.337 e. The van der Waals surface area contributed by atoms with E-state index in [-0.39, 0.29) is 15.5 Å². The zero-order valence-corrected chi connectivity index (χ0v) is 19.2. The highest BCUT2D eigenvalue weighted by molar-refractivity contribution is 7.92. The normalized spacial score (nSPS) is 11.0. The average Bonchev–Trinajstić information content (AvgIpc) is 2.76. The predicted molar refractivity (Wildman–Crippen MR) is 124 cm³/mol. The molecule has 3 rings (SSSR count). The van der Waals surface area contributed by atoms with Crippen molar-refractivity contribution >= 4 is 44.9 Å². The number of hydrogen-bond acceptors (Lipinski definition) is 5. The maximum Gasteiger partial charge on any atom is 0.337 e. The van der Waals surface area contributed by atoms with E-state index in [0.29, 0.717) is 16.9 Å². The molecule has 0 spiro atoms. The van der Waals surface area contributed by atoms with Crippen molar-refractivity contribution in [3.63, 3.8) is 0 Å². The maximum atomic E-state index is 12.9. The van der Waals surface area contributed by atoms with Crippen LogP contribution in [0.15, 0.2) is 65.6 Å². The number of hydrogen-bond donors (Lipinski definition) is 2. The number of esters is 1. The van der Waals surface area contributed by atoms with Crippen molar-refractivity contribution in [1.82, 2.24) is 0 Å². The van der Waals surface area contributed by atoms with Crippen LogP contribution >= 0.6 is 11.6 Å². The molecule has 0 aromatic heterocycles. The molecule has 0 heterocycles. The van der Waals surface area contributed by atoms with E-state index in [1.165, 1.54) is 37.4 Å². The first kappa shape index (κ1) is 23.3. The lowest BCUT2D eigenvalue weighted by atomic mass is 10.1. The summed E-state index contributed by atoms with van der Waals surface area (Å²) in [4.78, 5) is 24.0. The molecule has 1 amide bonds. The summed E-state index contributed by atoms with van der Waals surface area (Å²) < 4.78 is 33.0. The van der Waals surface area contributed by atoms with Crippen molar-refractivity contribution in [2.45, 2.75) is 18.7 Å². The van der Waals surface area contributed by atoms with Gasteiger partial charge in [0.25, 0.3) is 15.9 Å². The van der Waals surface area contributed by atoms with E-state index in [2.05, 4.69) is 14.8 Å². The predicted octanol–water partition coefficient (Wildman–Crippen LogP) is 4.80. The molecule has 0 aliphatic heterocycles. The Morgan fingerprint density at radius 3 is 2.09 bits per heavy atom. The minimum absolute atomic E-state index is 0.0136. The second kappa shape index (κ2) is 9.42. The number of methoxy groups -OCH3 is 1. The van der Waals surface area contributed by atoms with Crippen LogP contribution in [0, 0.1) is 13.8 Å². The van der Waals surface area contributed by atoms with Crippen LogP contribution in [-0.4, -0.2) is 27.4 Å². The lowest BCUT2D eigenvalue weighted by Gasteiger charge is -2.12. The Morgan fingerprint density at radius 1 is 0.844 bits per heavy atom. The Balaban J connectivity index is 1.83. The van der Waals surface area contributed by atoms with Gasteiger partial charge in [-0.3, -0.25) is 9.52 Å². The summed E-state index contributed by atoms with van der Waals surface area (Å²) >= 11 is 6.13. The minimum atomic E-state index is -4.03. The van der Waals surface area contributed by atoms with Crippen LogP contribution in [0.5, 0.6) is 0 Å². The first-order valence-corrected chi connectivity index (χ1v) is 11.4. The second-order valence-corrected chi connectivity index (χ2v) is 9.13. The Labute approximate surface area is 191 Å². The highest BCUT2D eigenvalue weighted by Crippen LogP contribution is 2.26. The van der Waals surface area contributed by atoms with Gasteiger partial charge in [0.1, 0.15) is 4.90 Å². The molecule has 0 bridgehead atoms. The molecule has 0 fully saturated rings. The monoisotopic (exact) mass is 472 g/mol. The highest BCUT2D eigenvalue weighted by Gasteiger charge is 2.21. The Kier molecular flexibility index (Phi) is 6.86. The van der Waals surface area contributed by atoms with E-state index in [1.54, 1.807) is 24.3 Å². The van der Waals surface area contributed by atoms with Crippen molar-refractivity contribution in [3.8, 4) is 0 Å². The molecule has 0 aliphatic carbocycles. The second-order valence-electron chi connectivity index (χ2n) is 7.07. The van der Waals surface area contributed by atoms with Crippen molar-refractivity contribution in [2.75, 3.05) is 17.1 Å². The lowest BCUT2D eigenvalue weighted by Crippen LogP contribution is -2.16. The van der Waals surface area contributed by atoms with E-state index >= 15 is 0 Å². The van der Waals surface area contributed by atoms with Crippen molar-refractivity contribution in [1.29, 1.82) is 0 Å². The number of rotatable bonds is 6. The summed E-state index contributed by atoms with van der Waals surface area (Å²) in [6.45, 7) is 3.80.